The van der Waals surface area contributed by atoms with E-state index in [1.807, 2.05) is 12.1 Å². The Morgan fingerprint density at radius 3 is 2.68 bits per heavy atom. The summed E-state index contributed by atoms with van der Waals surface area (Å²) in [7, 11) is 0. The van der Waals surface area contributed by atoms with Crippen LogP contribution in [0.15, 0.2) is 18.2 Å². The number of benzene rings is 1. The van der Waals surface area contributed by atoms with Crippen molar-refractivity contribution in [3.05, 3.63) is 34.9 Å². The van der Waals surface area contributed by atoms with Crippen molar-refractivity contribution in [3.8, 4) is 0 Å². The Bertz CT molecular complexity index is 850. The zero-order valence-corrected chi connectivity index (χ0v) is 15.9. The van der Waals surface area contributed by atoms with E-state index in [1.54, 1.807) is 4.90 Å². The summed E-state index contributed by atoms with van der Waals surface area (Å²) in [6, 6.07) is 5.70. The molecule has 148 valence electrons. The van der Waals surface area contributed by atoms with Gasteiger partial charge in [-0.25, -0.2) is 0 Å². The summed E-state index contributed by atoms with van der Waals surface area (Å²) in [5, 5.41) is 2.35. The number of imide groups is 1. The number of nitrogens with zero attached hydrogens (tertiary/aromatic N) is 2. The van der Waals surface area contributed by atoms with Gasteiger partial charge in [-0.05, 0) is 48.3 Å². The molecule has 1 aromatic rings. The fraction of sp³-hybridized carbons (Fsp3) is 0.571. The smallest absolute Gasteiger partial charge is 0.255 e. The standard InChI is InChI=1S/C21H26N4O3/c22-17-11-24(10-16(17)13-2-3-13)8-12-1-4-15-14(7-12)9-25(21(15)28)18-5-6-19(26)23-20(18)27/h1,4,7,13,16-18H,2-3,5-6,8-11,22H2,(H,23,26,27)/t16-,17+,18?/m0/s1. The summed E-state index contributed by atoms with van der Waals surface area (Å²) in [4.78, 5) is 40.4. The first-order chi connectivity index (χ1) is 13.5. The van der Waals surface area contributed by atoms with Crippen molar-refractivity contribution in [2.75, 3.05) is 13.1 Å². The number of amides is 3. The van der Waals surface area contributed by atoms with Crippen molar-refractivity contribution in [2.45, 2.75) is 50.9 Å². The van der Waals surface area contributed by atoms with E-state index in [4.69, 9.17) is 5.73 Å². The summed E-state index contributed by atoms with van der Waals surface area (Å²) in [5.74, 6) is 0.697. The van der Waals surface area contributed by atoms with Gasteiger partial charge in [0.2, 0.25) is 11.8 Å². The number of carbonyl (C=O) groups is 3. The van der Waals surface area contributed by atoms with Crippen LogP contribution in [0.3, 0.4) is 0 Å². The average molecular weight is 382 g/mol. The molecule has 1 aliphatic carbocycles. The van der Waals surface area contributed by atoms with Crippen molar-refractivity contribution in [2.24, 2.45) is 17.6 Å². The van der Waals surface area contributed by atoms with E-state index < -0.39 is 6.04 Å². The van der Waals surface area contributed by atoms with Crippen LogP contribution in [0.2, 0.25) is 0 Å². The van der Waals surface area contributed by atoms with Crippen molar-refractivity contribution in [3.63, 3.8) is 0 Å². The van der Waals surface area contributed by atoms with E-state index >= 15 is 0 Å². The summed E-state index contributed by atoms with van der Waals surface area (Å²) in [5.41, 5.74) is 9.16. The lowest BCUT2D eigenvalue weighted by atomic mass is 9.99. The minimum atomic E-state index is -0.558. The van der Waals surface area contributed by atoms with Gasteiger partial charge < -0.3 is 10.6 Å². The van der Waals surface area contributed by atoms with Gasteiger partial charge in [-0.2, -0.15) is 0 Å². The highest BCUT2D eigenvalue weighted by Crippen LogP contribution is 2.41. The van der Waals surface area contributed by atoms with Crippen LogP contribution in [-0.4, -0.2) is 52.7 Å². The summed E-state index contributed by atoms with van der Waals surface area (Å²) in [6.45, 7) is 3.26. The molecule has 0 bridgehead atoms. The number of likely N-dealkylation sites (tertiary alicyclic amines) is 1. The zero-order chi connectivity index (χ0) is 19.4. The normalized spacial score (nSPS) is 30.7. The van der Waals surface area contributed by atoms with Crippen molar-refractivity contribution < 1.29 is 14.4 Å². The molecule has 0 radical (unpaired) electrons. The number of nitrogens with two attached hydrogens (primary N) is 1. The largest absolute Gasteiger partial charge is 0.326 e. The van der Waals surface area contributed by atoms with Gasteiger partial charge in [0.1, 0.15) is 6.04 Å². The molecule has 3 amide bonds. The molecule has 0 spiro atoms. The Balaban J connectivity index is 1.28. The molecule has 3 heterocycles. The predicted octanol–water partition coefficient (Wildman–Crippen LogP) is 0.617. The Morgan fingerprint density at radius 2 is 1.93 bits per heavy atom. The molecule has 7 nitrogen and oxygen atoms in total. The number of hydrogen-bond acceptors (Lipinski definition) is 5. The van der Waals surface area contributed by atoms with Crippen LogP contribution in [0, 0.1) is 11.8 Å². The second kappa shape index (κ2) is 6.67. The van der Waals surface area contributed by atoms with Gasteiger partial charge in [0.05, 0.1) is 0 Å². The van der Waals surface area contributed by atoms with Crippen LogP contribution in [0.1, 0.15) is 47.2 Å². The lowest BCUT2D eigenvalue weighted by Gasteiger charge is -2.29. The molecular weight excluding hydrogens is 356 g/mol. The van der Waals surface area contributed by atoms with Gasteiger partial charge >= 0.3 is 0 Å². The summed E-state index contributed by atoms with van der Waals surface area (Å²) < 4.78 is 0. The highest BCUT2D eigenvalue weighted by atomic mass is 16.2. The molecule has 3 fully saturated rings. The van der Waals surface area contributed by atoms with Crippen LogP contribution >= 0.6 is 0 Å². The first-order valence-corrected chi connectivity index (χ1v) is 10.2. The molecule has 7 heteroatoms. The van der Waals surface area contributed by atoms with Crippen molar-refractivity contribution >= 4 is 17.7 Å². The minimum absolute atomic E-state index is 0.118. The van der Waals surface area contributed by atoms with Crippen LogP contribution in [-0.2, 0) is 22.7 Å². The average Bonchev–Trinajstić information content (AvgIpc) is 3.36. The first kappa shape index (κ1) is 17.8. The van der Waals surface area contributed by atoms with Crippen LogP contribution in [0.25, 0.3) is 0 Å². The molecule has 4 aliphatic rings. The predicted molar refractivity (Wildman–Crippen MR) is 102 cm³/mol. The second-order valence-electron chi connectivity index (χ2n) is 8.75. The molecule has 1 saturated carbocycles. The molecule has 5 rings (SSSR count). The van der Waals surface area contributed by atoms with Gasteiger partial charge in [-0.3, -0.25) is 24.6 Å². The molecule has 28 heavy (non-hydrogen) atoms. The monoisotopic (exact) mass is 382 g/mol. The van der Waals surface area contributed by atoms with Gasteiger partial charge in [0.25, 0.3) is 5.91 Å². The highest BCUT2D eigenvalue weighted by Gasteiger charge is 2.41. The third kappa shape index (κ3) is 3.12. The molecular formula is C21H26N4O3. The van der Waals surface area contributed by atoms with Crippen LogP contribution in [0.5, 0.6) is 0 Å². The third-order valence-corrected chi connectivity index (χ3v) is 6.71. The topological polar surface area (TPSA) is 95.7 Å². The zero-order valence-electron chi connectivity index (χ0n) is 15.9. The Morgan fingerprint density at radius 1 is 1.11 bits per heavy atom. The number of rotatable bonds is 4. The third-order valence-electron chi connectivity index (χ3n) is 6.71. The van der Waals surface area contributed by atoms with Crippen LogP contribution < -0.4 is 11.1 Å². The van der Waals surface area contributed by atoms with Crippen molar-refractivity contribution in [1.29, 1.82) is 0 Å². The summed E-state index contributed by atoms with van der Waals surface area (Å²) >= 11 is 0. The van der Waals surface area contributed by atoms with Gasteiger partial charge in [-0.15, -0.1) is 0 Å². The number of hydrogen-bond donors (Lipinski definition) is 2. The second-order valence-corrected chi connectivity index (χ2v) is 8.75. The number of piperidine rings is 1. The van der Waals surface area contributed by atoms with Gasteiger partial charge in [-0.1, -0.05) is 12.1 Å². The maximum Gasteiger partial charge on any atom is 0.255 e. The molecule has 3 N–H and O–H groups in total. The molecule has 3 atom stereocenters. The Kier molecular flexibility index (Phi) is 4.25. The molecule has 3 aliphatic heterocycles. The molecule has 0 aromatic heterocycles. The maximum atomic E-state index is 12.8. The van der Waals surface area contributed by atoms with E-state index in [0.29, 0.717) is 24.4 Å². The lowest BCUT2D eigenvalue weighted by molar-refractivity contribution is -0.136. The fourth-order valence-electron chi connectivity index (χ4n) is 5.08. The number of nitrogens with one attached hydrogen (secondary N) is 1. The maximum absolute atomic E-state index is 12.8. The fourth-order valence-corrected chi connectivity index (χ4v) is 5.08. The van der Waals surface area contributed by atoms with Crippen molar-refractivity contribution in [1.82, 2.24) is 15.1 Å². The minimum Gasteiger partial charge on any atom is -0.326 e. The van der Waals surface area contributed by atoms with E-state index in [9.17, 15) is 14.4 Å². The molecule has 2 saturated heterocycles. The van der Waals surface area contributed by atoms with E-state index in [-0.39, 0.29) is 30.2 Å². The Hall–Kier alpha value is -2.25. The molecule has 1 aromatic carbocycles. The highest BCUT2D eigenvalue weighted by molar-refractivity contribution is 6.05. The summed E-state index contributed by atoms with van der Waals surface area (Å²) in [6.07, 6.45) is 3.32. The van der Waals surface area contributed by atoms with Gasteiger partial charge in [0.15, 0.2) is 0 Å². The first-order valence-electron chi connectivity index (χ1n) is 10.2. The number of carbonyl (C=O) groups excluding carboxylic acids is 3. The van der Waals surface area contributed by atoms with E-state index in [2.05, 4.69) is 16.3 Å². The number of fused-ring (bicyclic) bond motifs is 1. The molecule has 1 unspecified atom stereocenters. The lowest BCUT2D eigenvalue weighted by Crippen LogP contribution is -2.52. The van der Waals surface area contributed by atoms with Gasteiger partial charge in [0, 0.05) is 44.2 Å². The SMILES string of the molecule is N[C@@H]1CN(Cc2ccc3c(c2)CN(C2CCC(=O)NC2=O)C3=O)C[C@H]1C1CC1. The Labute approximate surface area is 164 Å². The van der Waals surface area contributed by atoms with E-state index in [1.165, 1.54) is 18.4 Å². The quantitative estimate of drug-likeness (QED) is 0.744. The van der Waals surface area contributed by atoms with Crippen LogP contribution in [0.4, 0.5) is 0 Å². The van der Waals surface area contributed by atoms with E-state index in [0.717, 1.165) is 31.1 Å².